The third kappa shape index (κ3) is 4.35. The van der Waals surface area contributed by atoms with Gasteiger partial charge in [-0.1, -0.05) is 50.2 Å². The summed E-state index contributed by atoms with van der Waals surface area (Å²) in [6, 6.07) is 6.86. The Bertz CT molecular complexity index is 838. The summed E-state index contributed by atoms with van der Waals surface area (Å²) >= 11 is 0. The number of benzene rings is 1. The number of hydrogen-bond donors (Lipinski definition) is 1. The molecule has 1 aliphatic rings. The van der Waals surface area contributed by atoms with Gasteiger partial charge in [-0.15, -0.1) is 0 Å². The monoisotopic (exact) mass is 371 g/mol. The topological polar surface area (TPSA) is 96.5 Å². The summed E-state index contributed by atoms with van der Waals surface area (Å²) < 4.78 is 5.24. The molecule has 1 aliphatic heterocycles. The highest BCUT2D eigenvalue weighted by molar-refractivity contribution is 5.84. The third-order valence-electron chi connectivity index (χ3n) is 4.77. The maximum Gasteiger partial charge on any atom is 0.326 e. The third-order valence-corrected chi connectivity index (χ3v) is 4.77. The lowest BCUT2D eigenvalue weighted by Crippen LogP contribution is -2.48. The average molecular weight is 371 g/mol. The van der Waals surface area contributed by atoms with Gasteiger partial charge in [0.15, 0.2) is 5.82 Å². The molecule has 1 aromatic carbocycles. The van der Waals surface area contributed by atoms with Crippen LogP contribution in [0.25, 0.3) is 0 Å². The number of nitrogens with zero attached hydrogens (tertiary/aromatic N) is 3. The van der Waals surface area contributed by atoms with Gasteiger partial charge in [0.25, 0.3) is 0 Å². The minimum absolute atomic E-state index is 0.160. The molecule has 3 rings (SSSR count). The van der Waals surface area contributed by atoms with E-state index in [0.29, 0.717) is 37.5 Å². The number of aliphatic carboxylic acids is 1. The van der Waals surface area contributed by atoms with Crippen LogP contribution < -0.4 is 0 Å². The highest BCUT2D eigenvalue weighted by Gasteiger charge is 2.34. The molecule has 7 nitrogen and oxygen atoms in total. The lowest BCUT2D eigenvalue weighted by molar-refractivity contribution is -0.151. The first-order valence-electron chi connectivity index (χ1n) is 9.18. The van der Waals surface area contributed by atoms with Crippen molar-refractivity contribution in [1.82, 2.24) is 15.0 Å². The molecule has 0 aliphatic carbocycles. The van der Waals surface area contributed by atoms with Crippen LogP contribution in [0.1, 0.15) is 56.5 Å². The Morgan fingerprint density at radius 1 is 1.26 bits per heavy atom. The molecular formula is C20H25N3O4. The lowest BCUT2D eigenvalue weighted by atomic mass is 9.93. The highest BCUT2D eigenvalue weighted by atomic mass is 16.5. The summed E-state index contributed by atoms with van der Waals surface area (Å²) in [6.07, 6.45) is 1.63. The summed E-state index contributed by atoms with van der Waals surface area (Å²) in [5, 5.41) is 13.5. The zero-order valence-corrected chi connectivity index (χ0v) is 15.9. The van der Waals surface area contributed by atoms with Crippen molar-refractivity contribution in [2.75, 3.05) is 0 Å². The van der Waals surface area contributed by atoms with Gasteiger partial charge in [0.05, 0.1) is 0 Å². The maximum atomic E-state index is 12.7. The number of amides is 1. The minimum atomic E-state index is -0.968. The molecule has 0 saturated heterocycles. The van der Waals surface area contributed by atoms with E-state index in [1.54, 1.807) is 0 Å². The Balaban J connectivity index is 1.61. The first kappa shape index (κ1) is 19.1. The number of carbonyl (C=O) groups excluding carboxylic acids is 1. The predicted octanol–water partition coefficient (Wildman–Crippen LogP) is 2.73. The first-order chi connectivity index (χ1) is 12.8. The summed E-state index contributed by atoms with van der Waals surface area (Å²) in [5.74, 6) is 0.0194. The lowest BCUT2D eigenvalue weighted by Gasteiger charge is -2.34. The Morgan fingerprint density at radius 2 is 1.96 bits per heavy atom. The van der Waals surface area contributed by atoms with E-state index >= 15 is 0 Å². The molecule has 2 heterocycles. The van der Waals surface area contributed by atoms with Gasteiger partial charge >= 0.3 is 5.97 Å². The number of carboxylic acid groups (broad SMARTS) is 1. The Labute approximate surface area is 158 Å². The van der Waals surface area contributed by atoms with Crippen LogP contribution >= 0.6 is 0 Å². The van der Waals surface area contributed by atoms with Crippen LogP contribution in [0.3, 0.4) is 0 Å². The van der Waals surface area contributed by atoms with Crippen molar-refractivity contribution in [2.45, 2.75) is 64.5 Å². The Kier molecular flexibility index (Phi) is 5.30. The van der Waals surface area contributed by atoms with E-state index in [1.807, 2.05) is 45.0 Å². The highest BCUT2D eigenvalue weighted by Crippen LogP contribution is 2.25. The van der Waals surface area contributed by atoms with Crippen LogP contribution in [0.15, 0.2) is 28.8 Å². The first-order valence-corrected chi connectivity index (χ1v) is 9.18. The van der Waals surface area contributed by atoms with Gasteiger partial charge in [-0.25, -0.2) is 4.79 Å². The molecule has 1 N–H and O–H groups in total. The minimum Gasteiger partial charge on any atom is -0.480 e. The number of hydrogen-bond acceptors (Lipinski definition) is 5. The van der Waals surface area contributed by atoms with E-state index in [0.717, 1.165) is 11.1 Å². The van der Waals surface area contributed by atoms with Gasteiger partial charge < -0.3 is 14.5 Å². The molecule has 7 heteroatoms. The average Bonchev–Trinajstić information content (AvgIpc) is 3.09. The smallest absolute Gasteiger partial charge is 0.326 e. The molecule has 144 valence electrons. The van der Waals surface area contributed by atoms with Gasteiger partial charge in [-0.2, -0.15) is 4.98 Å². The Morgan fingerprint density at radius 3 is 2.59 bits per heavy atom. The second-order valence-corrected chi connectivity index (χ2v) is 7.96. The van der Waals surface area contributed by atoms with Crippen LogP contribution in [0.5, 0.6) is 0 Å². The van der Waals surface area contributed by atoms with Gasteiger partial charge in [-0.3, -0.25) is 4.79 Å². The van der Waals surface area contributed by atoms with E-state index in [-0.39, 0.29) is 17.7 Å². The Hall–Kier alpha value is -2.70. The van der Waals surface area contributed by atoms with Crippen LogP contribution in [-0.4, -0.2) is 38.1 Å². The van der Waals surface area contributed by atoms with Gasteiger partial charge in [0.1, 0.15) is 6.04 Å². The molecular weight excluding hydrogens is 346 g/mol. The molecule has 1 amide bonds. The van der Waals surface area contributed by atoms with Crippen LogP contribution in [0.4, 0.5) is 0 Å². The zero-order valence-electron chi connectivity index (χ0n) is 15.9. The normalized spacial score (nSPS) is 16.9. The van der Waals surface area contributed by atoms with E-state index < -0.39 is 12.0 Å². The van der Waals surface area contributed by atoms with E-state index in [9.17, 15) is 14.7 Å². The fourth-order valence-electron chi connectivity index (χ4n) is 3.20. The van der Waals surface area contributed by atoms with Crippen molar-refractivity contribution in [3.05, 3.63) is 47.1 Å². The van der Waals surface area contributed by atoms with E-state index in [1.165, 1.54) is 4.90 Å². The number of aromatic nitrogens is 2. The zero-order chi connectivity index (χ0) is 19.6. The quantitative estimate of drug-likeness (QED) is 0.868. The number of carbonyl (C=O) groups is 2. The van der Waals surface area contributed by atoms with Crippen molar-refractivity contribution in [3.8, 4) is 0 Å². The second kappa shape index (κ2) is 7.50. The van der Waals surface area contributed by atoms with Gasteiger partial charge in [0, 0.05) is 31.2 Å². The van der Waals surface area contributed by atoms with Crippen LogP contribution in [-0.2, 0) is 34.4 Å². The molecule has 27 heavy (non-hydrogen) atoms. The van der Waals surface area contributed by atoms with Crippen molar-refractivity contribution in [2.24, 2.45) is 0 Å². The maximum absolute atomic E-state index is 12.7. The largest absolute Gasteiger partial charge is 0.480 e. The van der Waals surface area contributed by atoms with Gasteiger partial charge in [0.2, 0.25) is 11.8 Å². The molecule has 1 atom stereocenters. The van der Waals surface area contributed by atoms with E-state index in [2.05, 4.69) is 10.1 Å². The number of aryl methyl sites for hydroxylation is 1. The molecule has 1 aromatic heterocycles. The molecule has 0 radical (unpaired) electrons. The van der Waals surface area contributed by atoms with E-state index in [4.69, 9.17) is 4.52 Å². The predicted molar refractivity (Wildman–Crippen MR) is 98.1 cm³/mol. The van der Waals surface area contributed by atoms with Crippen molar-refractivity contribution >= 4 is 11.9 Å². The molecule has 0 fully saturated rings. The molecule has 0 bridgehead atoms. The summed E-state index contributed by atoms with van der Waals surface area (Å²) in [4.78, 5) is 30.2. The number of rotatable bonds is 5. The van der Waals surface area contributed by atoms with Crippen molar-refractivity contribution < 1.29 is 19.2 Å². The van der Waals surface area contributed by atoms with Crippen molar-refractivity contribution in [1.29, 1.82) is 0 Å². The SMILES string of the molecule is CC(C)(C)c1noc(CCCC(=O)N2Cc3ccccc3C[C@@H]2C(=O)O)n1. The second-order valence-electron chi connectivity index (χ2n) is 7.96. The van der Waals surface area contributed by atoms with Crippen LogP contribution in [0, 0.1) is 0 Å². The number of carboxylic acids is 1. The fraction of sp³-hybridized carbons (Fsp3) is 0.500. The standard InChI is InChI=1S/C20H25N3O4/c1-20(2,3)19-21-16(27-22-19)9-6-10-17(24)23-12-14-8-5-4-7-13(14)11-15(23)18(25)26/h4-5,7-8,15H,6,9-12H2,1-3H3,(H,25,26)/t15-/m1/s1. The molecule has 2 aromatic rings. The summed E-state index contributed by atoms with van der Waals surface area (Å²) in [5.41, 5.74) is 1.82. The number of fused-ring (bicyclic) bond motifs is 1. The van der Waals surface area contributed by atoms with Crippen LogP contribution in [0.2, 0.25) is 0 Å². The molecule has 0 unspecified atom stereocenters. The summed E-state index contributed by atoms with van der Waals surface area (Å²) in [7, 11) is 0. The molecule has 0 spiro atoms. The molecule has 0 saturated carbocycles. The summed E-state index contributed by atoms with van der Waals surface area (Å²) in [6.45, 7) is 6.35. The fourth-order valence-corrected chi connectivity index (χ4v) is 3.20. The van der Waals surface area contributed by atoms with Gasteiger partial charge in [-0.05, 0) is 17.5 Å². The van der Waals surface area contributed by atoms with Crippen molar-refractivity contribution in [3.63, 3.8) is 0 Å².